The van der Waals surface area contributed by atoms with Gasteiger partial charge in [0, 0.05) is 24.7 Å². The molecule has 0 saturated carbocycles. The third-order valence-electron chi connectivity index (χ3n) is 5.65. The van der Waals surface area contributed by atoms with Crippen LogP contribution < -0.4 is 5.32 Å². The number of anilines is 1. The Labute approximate surface area is 192 Å². The zero-order valence-corrected chi connectivity index (χ0v) is 19.7. The fourth-order valence-electron chi connectivity index (χ4n) is 3.71. The van der Waals surface area contributed by atoms with Crippen molar-refractivity contribution in [2.75, 3.05) is 18.4 Å². The second-order valence-electron chi connectivity index (χ2n) is 8.17. The molecule has 2 heterocycles. The predicted molar refractivity (Wildman–Crippen MR) is 126 cm³/mol. The zero-order valence-electron chi connectivity index (χ0n) is 18.1. The molecule has 168 valence electrons. The minimum atomic E-state index is -3.52. The number of rotatable bonds is 6. The number of nitrogens with one attached hydrogen (secondary N) is 1. The average Bonchev–Trinajstić information content (AvgIpc) is 3.30. The first kappa shape index (κ1) is 22.6. The number of benzene rings is 2. The minimum absolute atomic E-state index is 0.0977. The number of sulfonamides is 1. The fraction of sp³-hybridized carbons (Fsp3) is 0.348. The number of piperidine rings is 1. The van der Waals surface area contributed by atoms with Crippen LogP contribution in [-0.2, 0) is 10.0 Å². The van der Waals surface area contributed by atoms with Gasteiger partial charge in [-0.2, -0.15) is 4.31 Å². The summed E-state index contributed by atoms with van der Waals surface area (Å²) in [6, 6.07) is 16.4. The van der Waals surface area contributed by atoms with Gasteiger partial charge in [-0.05, 0) is 48.6 Å². The van der Waals surface area contributed by atoms with Crippen molar-refractivity contribution in [2.45, 2.75) is 43.4 Å². The molecule has 32 heavy (non-hydrogen) atoms. The van der Waals surface area contributed by atoms with E-state index in [4.69, 9.17) is 0 Å². The van der Waals surface area contributed by atoms with Gasteiger partial charge in [-0.15, -0.1) is 10.2 Å². The summed E-state index contributed by atoms with van der Waals surface area (Å²) in [5, 5.41) is 12.2. The minimum Gasteiger partial charge on any atom is -0.320 e. The Morgan fingerprint density at radius 3 is 2.31 bits per heavy atom. The van der Waals surface area contributed by atoms with Crippen LogP contribution in [0.5, 0.6) is 0 Å². The Morgan fingerprint density at radius 1 is 1.03 bits per heavy atom. The number of para-hydroxylation sites is 1. The van der Waals surface area contributed by atoms with Crippen LogP contribution in [0.4, 0.5) is 5.69 Å². The van der Waals surface area contributed by atoms with Crippen LogP contribution in [0.3, 0.4) is 0 Å². The molecule has 1 aliphatic rings. The standard InChI is InChI=1S/C23H26N4O3S2/c1-16(2)17-8-10-20(11-9-17)32(29,30)27-14-12-18(13-15-27)22-25-26-23(31-22)21(28)24-19-6-4-3-5-7-19/h3-11,16,18H,12-15H2,1-2H3,(H,24,28). The SMILES string of the molecule is CC(C)c1ccc(S(=O)(=O)N2CCC(c3nnc(C(=O)Nc4ccccc4)s3)CC2)cc1. The lowest BCUT2D eigenvalue weighted by atomic mass is 9.99. The van der Waals surface area contributed by atoms with Gasteiger partial charge in [-0.25, -0.2) is 8.42 Å². The number of hydrogen-bond acceptors (Lipinski definition) is 6. The monoisotopic (exact) mass is 470 g/mol. The van der Waals surface area contributed by atoms with Gasteiger partial charge in [0.25, 0.3) is 5.91 Å². The number of carbonyl (C=O) groups is 1. The Hall–Kier alpha value is -2.62. The van der Waals surface area contributed by atoms with Crippen LogP contribution in [0.15, 0.2) is 59.5 Å². The summed E-state index contributed by atoms with van der Waals surface area (Å²) in [5.41, 5.74) is 1.82. The second-order valence-corrected chi connectivity index (χ2v) is 11.1. The first-order valence-corrected chi connectivity index (χ1v) is 12.9. The van der Waals surface area contributed by atoms with Crippen LogP contribution in [0.25, 0.3) is 0 Å². The molecule has 1 N–H and O–H groups in total. The highest BCUT2D eigenvalue weighted by Crippen LogP contribution is 2.32. The van der Waals surface area contributed by atoms with E-state index < -0.39 is 10.0 Å². The van der Waals surface area contributed by atoms with Crippen molar-refractivity contribution in [3.63, 3.8) is 0 Å². The molecule has 1 saturated heterocycles. The molecule has 1 aliphatic heterocycles. The van der Waals surface area contributed by atoms with Crippen molar-refractivity contribution in [3.05, 3.63) is 70.2 Å². The molecule has 0 aliphatic carbocycles. The van der Waals surface area contributed by atoms with E-state index in [1.54, 1.807) is 12.1 Å². The maximum absolute atomic E-state index is 13.0. The third-order valence-corrected chi connectivity index (χ3v) is 8.65. The maximum Gasteiger partial charge on any atom is 0.286 e. The smallest absolute Gasteiger partial charge is 0.286 e. The Morgan fingerprint density at radius 2 is 1.69 bits per heavy atom. The quantitative estimate of drug-likeness (QED) is 0.573. The van der Waals surface area contributed by atoms with E-state index in [1.807, 2.05) is 42.5 Å². The van der Waals surface area contributed by atoms with Crippen LogP contribution >= 0.6 is 11.3 Å². The van der Waals surface area contributed by atoms with Crippen LogP contribution in [-0.4, -0.2) is 41.9 Å². The predicted octanol–water partition coefficient (Wildman–Crippen LogP) is 4.48. The summed E-state index contributed by atoms with van der Waals surface area (Å²) in [4.78, 5) is 12.8. The number of carbonyl (C=O) groups excluding carboxylic acids is 1. The summed E-state index contributed by atoms with van der Waals surface area (Å²) in [6.45, 7) is 5.01. The van der Waals surface area contributed by atoms with Crippen molar-refractivity contribution < 1.29 is 13.2 Å². The van der Waals surface area contributed by atoms with Crippen molar-refractivity contribution in [2.24, 2.45) is 0 Å². The van der Waals surface area contributed by atoms with Gasteiger partial charge in [0.05, 0.1) is 4.90 Å². The van der Waals surface area contributed by atoms with Crippen LogP contribution in [0.1, 0.15) is 58.9 Å². The zero-order chi connectivity index (χ0) is 22.7. The van der Waals surface area contributed by atoms with Gasteiger partial charge >= 0.3 is 0 Å². The first-order chi connectivity index (χ1) is 15.3. The normalized spacial score (nSPS) is 15.7. The molecule has 0 bridgehead atoms. The highest BCUT2D eigenvalue weighted by atomic mass is 32.2. The van der Waals surface area contributed by atoms with E-state index >= 15 is 0 Å². The van der Waals surface area contributed by atoms with Gasteiger partial charge in [0.2, 0.25) is 15.0 Å². The topological polar surface area (TPSA) is 92.3 Å². The lowest BCUT2D eigenvalue weighted by Crippen LogP contribution is -2.37. The molecule has 0 radical (unpaired) electrons. The fourth-order valence-corrected chi connectivity index (χ4v) is 6.09. The summed E-state index contributed by atoms with van der Waals surface area (Å²) >= 11 is 1.27. The molecule has 1 fully saturated rings. The van der Waals surface area contributed by atoms with Crippen molar-refractivity contribution >= 4 is 33.0 Å². The van der Waals surface area contributed by atoms with Crippen molar-refractivity contribution in [1.29, 1.82) is 0 Å². The molecule has 0 unspecified atom stereocenters. The van der Waals surface area contributed by atoms with E-state index in [-0.39, 0.29) is 11.8 Å². The molecular weight excluding hydrogens is 444 g/mol. The van der Waals surface area contributed by atoms with Crippen molar-refractivity contribution in [1.82, 2.24) is 14.5 Å². The molecule has 0 spiro atoms. The summed E-state index contributed by atoms with van der Waals surface area (Å²) in [7, 11) is -3.52. The van der Waals surface area contributed by atoms with E-state index in [0.29, 0.717) is 47.4 Å². The summed E-state index contributed by atoms with van der Waals surface area (Å²) < 4.78 is 27.6. The number of hydrogen-bond donors (Lipinski definition) is 1. The second kappa shape index (κ2) is 9.48. The first-order valence-electron chi connectivity index (χ1n) is 10.6. The number of amides is 1. The molecule has 3 aromatic rings. The van der Waals surface area contributed by atoms with E-state index in [9.17, 15) is 13.2 Å². The summed E-state index contributed by atoms with van der Waals surface area (Å²) in [6.07, 6.45) is 1.30. The highest BCUT2D eigenvalue weighted by molar-refractivity contribution is 7.89. The molecule has 7 nitrogen and oxygen atoms in total. The molecule has 4 rings (SSSR count). The van der Waals surface area contributed by atoms with Crippen molar-refractivity contribution in [3.8, 4) is 0 Å². The van der Waals surface area contributed by atoms with E-state index in [2.05, 4.69) is 29.4 Å². The Bertz CT molecular complexity index is 1170. The Balaban J connectivity index is 1.38. The van der Waals surface area contributed by atoms with Gasteiger partial charge in [0.15, 0.2) is 0 Å². The van der Waals surface area contributed by atoms with E-state index in [1.165, 1.54) is 15.6 Å². The maximum atomic E-state index is 13.0. The molecular formula is C23H26N4O3S2. The van der Waals surface area contributed by atoms with Gasteiger partial charge in [0.1, 0.15) is 5.01 Å². The molecule has 9 heteroatoms. The highest BCUT2D eigenvalue weighted by Gasteiger charge is 2.31. The summed E-state index contributed by atoms with van der Waals surface area (Å²) in [5.74, 6) is 0.166. The van der Waals surface area contributed by atoms with Crippen LogP contribution in [0.2, 0.25) is 0 Å². The number of aromatic nitrogens is 2. The van der Waals surface area contributed by atoms with E-state index in [0.717, 1.165) is 10.6 Å². The van der Waals surface area contributed by atoms with Gasteiger partial charge < -0.3 is 5.32 Å². The van der Waals surface area contributed by atoms with Gasteiger partial charge in [-0.1, -0.05) is 55.5 Å². The lowest BCUT2D eigenvalue weighted by molar-refractivity contribution is 0.102. The Kier molecular flexibility index (Phi) is 6.68. The largest absolute Gasteiger partial charge is 0.320 e. The molecule has 1 amide bonds. The number of nitrogens with zero attached hydrogens (tertiary/aromatic N) is 3. The van der Waals surface area contributed by atoms with Gasteiger partial charge in [-0.3, -0.25) is 4.79 Å². The molecule has 1 aromatic heterocycles. The third kappa shape index (κ3) is 4.90. The molecule has 2 aromatic carbocycles. The lowest BCUT2D eigenvalue weighted by Gasteiger charge is -2.30. The molecule has 0 atom stereocenters. The van der Waals surface area contributed by atoms with Crippen LogP contribution in [0, 0.1) is 0 Å². The average molecular weight is 471 g/mol.